The van der Waals surface area contributed by atoms with Crippen LogP contribution in [0, 0.1) is 0 Å². The number of hydrogen-bond acceptors (Lipinski definition) is 5. The molecule has 0 amide bonds. The second kappa shape index (κ2) is 9.66. The zero-order valence-corrected chi connectivity index (χ0v) is 12.1. The minimum atomic E-state index is -3.40. The molecule has 0 aromatic heterocycles. The van der Waals surface area contributed by atoms with Crippen LogP contribution in [0.4, 0.5) is 0 Å². The fourth-order valence-electron chi connectivity index (χ4n) is 1.21. The Morgan fingerprint density at radius 3 is 2.00 bits per heavy atom. The van der Waals surface area contributed by atoms with Crippen molar-refractivity contribution in [3.8, 4) is 0 Å². The van der Waals surface area contributed by atoms with Crippen molar-refractivity contribution in [2.24, 2.45) is 0 Å². The Bertz CT molecular complexity index is 244. The minimum absolute atomic E-state index is 0.293. The Kier molecular flexibility index (Phi) is 9.46. The van der Waals surface area contributed by atoms with Gasteiger partial charge in [0.2, 0.25) is 0 Å². The average Bonchev–Trinajstić information content (AvgIpc) is 2.30. The molecule has 0 aromatic rings. The third-order valence-corrected chi connectivity index (χ3v) is 3.65. The summed E-state index contributed by atoms with van der Waals surface area (Å²) in [5.74, 6) is 0. The van der Waals surface area contributed by atoms with E-state index in [2.05, 4.69) is 18.7 Å². The summed E-state index contributed by atoms with van der Waals surface area (Å²) in [5, 5.41) is 0. The maximum Gasteiger partial charge on any atom is 0.529 e. The Labute approximate surface area is 104 Å². The Hall–Kier alpha value is -0.350. The predicted molar refractivity (Wildman–Crippen MR) is 68.9 cm³/mol. The molecular weight excluding hydrogens is 241 g/mol. The number of hydrogen-bond donors (Lipinski definition) is 0. The fraction of sp³-hybridized carbons (Fsp3) is 0.818. The van der Waals surface area contributed by atoms with Gasteiger partial charge in [-0.25, -0.2) is 4.57 Å². The average molecular weight is 265 g/mol. The van der Waals surface area contributed by atoms with Crippen molar-refractivity contribution in [2.45, 2.75) is 27.7 Å². The van der Waals surface area contributed by atoms with Crippen LogP contribution < -0.4 is 0 Å². The van der Waals surface area contributed by atoms with Gasteiger partial charge in [-0.15, -0.1) is 0 Å². The molecule has 102 valence electrons. The highest BCUT2D eigenvalue weighted by molar-refractivity contribution is 7.48. The van der Waals surface area contributed by atoms with Crippen molar-refractivity contribution in [3.05, 3.63) is 12.3 Å². The second-order valence-electron chi connectivity index (χ2n) is 3.25. The van der Waals surface area contributed by atoms with Crippen molar-refractivity contribution < 1.29 is 18.1 Å². The molecule has 0 aliphatic rings. The second-order valence-corrected chi connectivity index (χ2v) is 4.87. The molecule has 5 nitrogen and oxygen atoms in total. The largest absolute Gasteiger partial charge is 0.529 e. The predicted octanol–water partition coefficient (Wildman–Crippen LogP) is 3.04. The van der Waals surface area contributed by atoms with Crippen LogP contribution in [-0.2, 0) is 18.1 Å². The number of phosphoric acid groups is 1. The van der Waals surface area contributed by atoms with Crippen molar-refractivity contribution >= 4 is 7.82 Å². The highest BCUT2D eigenvalue weighted by atomic mass is 31.2. The molecule has 0 aliphatic carbocycles. The van der Waals surface area contributed by atoms with Crippen LogP contribution in [0.5, 0.6) is 0 Å². The highest BCUT2D eigenvalue weighted by Crippen LogP contribution is 2.49. The van der Waals surface area contributed by atoms with Gasteiger partial charge in [-0.05, 0) is 33.0 Å². The van der Waals surface area contributed by atoms with E-state index in [0.29, 0.717) is 13.2 Å². The van der Waals surface area contributed by atoms with Gasteiger partial charge in [-0.3, -0.25) is 9.05 Å². The molecule has 0 aromatic carbocycles. The first kappa shape index (κ1) is 16.6. The Morgan fingerprint density at radius 1 is 1.06 bits per heavy atom. The molecular formula is C11H24NO4P. The van der Waals surface area contributed by atoms with Crippen molar-refractivity contribution in [2.75, 3.05) is 32.8 Å². The maximum absolute atomic E-state index is 11.9. The lowest BCUT2D eigenvalue weighted by atomic mass is 10.5. The van der Waals surface area contributed by atoms with Gasteiger partial charge in [0.05, 0.1) is 19.5 Å². The zero-order chi connectivity index (χ0) is 13.1. The topological polar surface area (TPSA) is 48.0 Å². The van der Waals surface area contributed by atoms with Crippen LogP contribution in [0.1, 0.15) is 27.7 Å². The van der Waals surface area contributed by atoms with Crippen LogP contribution >= 0.6 is 7.82 Å². The molecule has 0 rings (SSSR count). The molecule has 0 fully saturated rings. The number of nitrogens with zero attached hydrogens (tertiary/aromatic N) is 1. The van der Waals surface area contributed by atoms with Gasteiger partial charge >= 0.3 is 7.82 Å². The van der Waals surface area contributed by atoms with Crippen molar-refractivity contribution in [3.63, 3.8) is 0 Å². The van der Waals surface area contributed by atoms with Crippen molar-refractivity contribution in [1.82, 2.24) is 4.90 Å². The summed E-state index contributed by atoms with van der Waals surface area (Å²) in [7, 11) is -3.40. The zero-order valence-electron chi connectivity index (χ0n) is 11.2. The quantitative estimate of drug-likeness (QED) is 0.449. The number of rotatable bonds is 10. The van der Waals surface area contributed by atoms with Gasteiger partial charge in [0.15, 0.2) is 0 Å². The normalized spacial score (nSPS) is 12.5. The molecule has 0 bridgehead atoms. The molecule has 0 radical (unpaired) electrons. The summed E-state index contributed by atoms with van der Waals surface area (Å²) in [6.07, 6.45) is 3.20. The summed E-state index contributed by atoms with van der Waals surface area (Å²) in [6.45, 7) is 10.9. The van der Waals surface area contributed by atoms with E-state index in [9.17, 15) is 4.57 Å². The van der Waals surface area contributed by atoms with Crippen LogP contribution in [0.25, 0.3) is 0 Å². The van der Waals surface area contributed by atoms with Crippen LogP contribution in [0.15, 0.2) is 12.3 Å². The lowest BCUT2D eigenvalue weighted by Crippen LogP contribution is -2.22. The van der Waals surface area contributed by atoms with E-state index in [0.717, 1.165) is 19.6 Å². The molecule has 0 N–H and O–H groups in total. The summed E-state index contributed by atoms with van der Waals surface area (Å²) < 4.78 is 26.9. The van der Waals surface area contributed by atoms with Crippen LogP contribution in [-0.4, -0.2) is 37.7 Å². The Morgan fingerprint density at radius 2 is 1.59 bits per heavy atom. The first-order valence-corrected chi connectivity index (χ1v) is 7.52. The molecule has 0 unspecified atom stereocenters. The van der Waals surface area contributed by atoms with E-state index in [-0.39, 0.29) is 0 Å². The summed E-state index contributed by atoms with van der Waals surface area (Å²) in [5.41, 5.74) is 0. The smallest absolute Gasteiger partial charge is 0.412 e. The van der Waals surface area contributed by atoms with Crippen LogP contribution in [0.3, 0.4) is 0 Å². The third kappa shape index (κ3) is 7.55. The fourth-order valence-corrected chi connectivity index (χ4v) is 2.27. The molecule has 0 saturated heterocycles. The first-order chi connectivity index (χ1) is 8.11. The van der Waals surface area contributed by atoms with Gasteiger partial charge in [0.1, 0.15) is 0 Å². The molecule has 0 spiro atoms. The SMILES string of the molecule is CCOP(=O)(O/C=C/CN(CC)CC)OCC. The standard InChI is InChI=1S/C11H24NO4P/c1-5-12(6-2)10-9-11-16-17(13,14-7-3)15-8-4/h9,11H,5-8,10H2,1-4H3/b11-9+. The number of likely N-dealkylation sites (N-methyl/N-ethyl adjacent to an activating group) is 1. The van der Waals surface area contributed by atoms with E-state index in [4.69, 9.17) is 13.6 Å². The van der Waals surface area contributed by atoms with E-state index < -0.39 is 7.82 Å². The van der Waals surface area contributed by atoms with E-state index in [1.54, 1.807) is 19.9 Å². The van der Waals surface area contributed by atoms with Crippen molar-refractivity contribution in [1.29, 1.82) is 0 Å². The van der Waals surface area contributed by atoms with E-state index >= 15 is 0 Å². The molecule has 0 aliphatic heterocycles. The number of phosphoric ester groups is 1. The Balaban J connectivity index is 4.12. The molecule has 17 heavy (non-hydrogen) atoms. The van der Waals surface area contributed by atoms with Gasteiger partial charge < -0.3 is 9.42 Å². The molecule has 0 atom stereocenters. The maximum atomic E-state index is 11.9. The van der Waals surface area contributed by atoms with E-state index in [1.165, 1.54) is 6.26 Å². The lowest BCUT2D eigenvalue weighted by molar-refractivity contribution is 0.153. The van der Waals surface area contributed by atoms with E-state index in [1.807, 2.05) is 0 Å². The minimum Gasteiger partial charge on any atom is -0.412 e. The highest BCUT2D eigenvalue weighted by Gasteiger charge is 2.24. The van der Waals surface area contributed by atoms with Gasteiger partial charge in [0.25, 0.3) is 0 Å². The van der Waals surface area contributed by atoms with Gasteiger partial charge in [-0.2, -0.15) is 0 Å². The molecule has 0 heterocycles. The molecule has 6 heteroatoms. The van der Waals surface area contributed by atoms with Crippen LogP contribution in [0.2, 0.25) is 0 Å². The van der Waals surface area contributed by atoms with Gasteiger partial charge in [-0.1, -0.05) is 13.8 Å². The summed E-state index contributed by atoms with van der Waals surface area (Å²) >= 11 is 0. The lowest BCUT2D eigenvalue weighted by Gasteiger charge is -2.16. The molecule has 0 saturated carbocycles. The van der Waals surface area contributed by atoms with Gasteiger partial charge in [0, 0.05) is 6.54 Å². The monoisotopic (exact) mass is 265 g/mol. The summed E-state index contributed by atoms with van der Waals surface area (Å²) in [6, 6.07) is 0. The first-order valence-electron chi connectivity index (χ1n) is 6.06. The third-order valence-electron chi connectivity index (χ3n) is 2.12. The summed E-state index contributed by atoms with van der Waals surface area (Å²) in [4.78, 5) is 2.20.